The van der Waals surface area contributed by atoms with Gasteiger partial charge in [-0.1, -0.05) is 18.9 Å². The summed E-state index contributed by atoms with van der Waals surface area (Å²) in [5.74, 6) is 0. The van der Waals surface area contributed by atoms with E-state index in [1.54, 1.807) is 0 Å². The van der Waals surface area contributed by atoms with E-state index in [2.05, 4.69) is 25.7 Å². The Balaban J connectivity index is 3.43. The fourth-order valence-corrected chi connectivity index (χ4v) is 1.20. The Bertz CT molecular complexity index is 107. The zero-order valence-electron chi connectivity index (χ0n) is 8.11. The highest BCUT2D eigenvalue weighted by Crippen LogP contribution is 2.08. The first-order chi connectivity index (χ1) is 5.20. The third kappa shape index (κ3) is 6.11. The molecule has 0 amide bonds. The van der Waals surface area contributed by atoms with Gasteiger partial charge in [-0.3, -0.25) is 0 Å². The highest BCUT2D eigenvalue weighted by molar-refractivity contribution is 4.88. The molecule has 0 heterocycles. The smallest absolute Gasteiger partial charge is 0.00670 e. The molecule has 0 aliphatic heterocycles. The number of nitrogens with one attached hydrogen (secondary N) is 1. The second-order valence-corrected chi connectivity index (χ2v) is 3.27. The van der Waals surface area contributed by atoms with Crippen LogP contribution < -0.4 is 5.32 Å². The second-order valence-electron chi connectivity index (χ2n) is 3.27. The Morgan fingerprint density at radius 3 is 2.45 bits per heavy atom. The van der Waals surface area contributed by atoms with Crippen LogP contribution in [0, 0.1) is 0 Å². The molecule has 0 radical (unpaired) electrons. The molecule has 0 saturated carbocycles. The van der Waals surface area contributed by atoms with Crippen LogP contribution in [-0.2, 0) is 0 Å². The number of hydrogen-bond acceptors (Lipinski definition) is 1. The van der Waals surface area contributed by atoms with Gasteiger partial charge in [-0.05, 0) is 33.2 Å². The molecule has 0 aromatic carbocycles. The largest absolute Gasteiger partial charge is 0.317 e. The van der Waals surface area contributed by atoms with Gasteiger partial charge in [0.1, 0.15) is 0 Å². The summed E-state index contributed by atoms with van der Waals surface area (Å²) in [5.41, 5.74) is 1.29. The van der Waals surface area contributed by atoms with Gasteiger partial charge in [-0.25, -0.2) is 0 Å². The molecule has 0 aromatic heterocycles. The van der Waals surface area contributed by atoms with E-state index in [0.717, 1.165) is 6.42 Å². The molecule has 0 aliphatic rings. The quantitative estimate of drug-likeness (QED) is 0.582. The molecule has 0 spiro atoms. The van der Waals surface area contributed by atoms with E-state index in [0.29, 0.717) is 6.04 Å². The average molecular weight is 155 g/mol. The lowest BCUT2D eigenvalue weighted by Gasteiger charge is -2.14. The van der Waals surface area contributed by atoms with E-state index in [4.69, 9.17) is 0 Å². The van der Waals surface area contributed by atoms with E-state index >= 15 is 0 Å². The summed E-state index contributed by atoms with van der Waals surface area (Å²) in [6.45, 7) is 8.22. The van der Waals surface area contributed by atoms with Crippen LogP contribution in [-0.4, -0.2) is 13.1 Å². The minimum atomic E-state index is 0.691. The van der Waals surface area contributed by atoms with E-state index in [9.17, 15) is 0 Å². The van der Waals surface area contributed by atoms with Gasteiger partial charge in [0.2, 0.25) is 0 Å². The van der Waals surface area contributed by atoms with Gasteiger partial charge in [0.25, 0.3) is 0 Å². The zero-order chi connectivity index (χ0) is 8.69. The van der Waals surface area contributed by atoms with Crippen LogP contribution in [0.15, 0.2) is 12.2 Å². The normalized spacial score (nSPS) is 13.0. The molecular weight excluding hydrogens is 134 g/mol. The summed E-state index contributed by atoms with van der Waals surface area (Å²) in [6, 6.07) is 0.691. The summed E-state index contributed by atoms with van der Waals surface area (Å²) in [6.07, 6.45) is 4.94. The maximum absolute atomic E-state index is 3.89. The molecule has 0 bridgehead atoms. The van der Waals surface area contributed by atoms with Crippen molar-refractivity contribution in [3.05, 3.63) is 12.2 Å². The summed E-state index contributed by atoms with van der Waals surface area (Å²) in [5, 5.41) is 3.32. The Morgan fingerprint density at radius 1 is 1.45 bits per heavy atom. The van der Waals surface area contributed by atoms with E-state index in [1.807, 2.05) is 7.05 Å². The Kier molecular flexibility index (Phi) is 6.24. The van der Waals surface area contributed by atoms with Crippen LogP contribution in [0.25, 0.3) is 0 Å². The van der Waals surface area contributed by atoms with Crippen molar-refractivity contribution in [2.24, 2.45) is 0 Å². The van der Waals surface area contributed by atoms with E-state index in [1.165, 1.54) is 24.8 Å². The van der Waals surface area contributed by atoms with Crippen LogP contribution in [0.2, 0.25) is 0 Å². The Hall–Kier alpha value is -0.300. The molecule has 1 unspecified atom stereocenters. The van der Waals surface area contributed by atoms with Crippen molar-refractivity contribution in [2.75, 3.05) is 7.05 Å². The third-order valence-electron chi connectivity index (χ3n) is 1.96. The van der Waals surface area contributed by atoms with Crippen LogP contribution in [0.4, 0.5) is 0 Å². The van der Waals surface area contributed by atoms with Gasteiger partial charge in [0.05, 0.1) is 0 Å². The number of allylic oxidation sites excluding steroid dienone is 1. The van der Waals surface area contributed by atoms with Crippen molar-refractivity contribution >= 4 is 0 Å². The fraction of sp³-hybridized carbons (Fsp3) is 0.800. The van der Waals surface area contributed by atoms with E-state index in [-0.39, 0.29) is 0 Å². The Morgan fingerprint density at radius 2 is 2.09 bits per heavy atom. The highest BCUT2D eigenvalue weighted by atomic mass is 14.9. The van der Waals surface area contributed by atoms with Crippen molar-refractivity contribution < 1.29 is 0 Å². The molecule has 0 saturated heterocycles. The van der Waals surface area contributed by atoms with Crippen LogP contribution in [0.5, 0.6) is 0 Å². The monoisotopic (exact) mass is 155 g/mol. The molecule has 0 aromatic rings. The predicted molar refractivity (Wildman–Crippen MR) is 51.8 cm³/mol. The molecule has 0 aliphatic carbocycles. The van der Waals surface area contributed by atoms with Gasteiger partial charge < -0.3 is 5.32 Å². The second kappa shape index (κ2) is 6.41. The molecule has 1 atom stereocenters. The van der Waals surface area contributed by atoms with Gasteiger partial charge in [0, 0.05) is 6.04 Å². The zero-order valence-corrected chi connectivity index (χ0v) is 8.11. The first kappa shape index (κ1) is 10.7. The molecular formula is C10H21N. The fourth-order valence-electron chi connectivity index (χ4n) is 1.20. The van der Waals surface area contributed by atoms with E-state index < -0.39 is 0 Å². The first-order valence-corrected chi connectivity index (χ1v) is 4.52. The molecule has 11 heavy (non-hydrogen) atoms. The van der Waals surface area contributed by atoms with Crippen LogP contribution >= 0.6 is 0 Å². The summed E-state index contributed by atoms with van der Waals surface area (Å²) in [4.78, 5) is 0. The standard InChI is InChI=1S/C10H21N/c1-5-6-10(11-4)8-7-9(2)3/h10-11H,2,5-8H2,1,3-4H3. The van der Waals surface area contributed by atoms with Crippen molar-refractivity contribution in [3.8, 4) is 0 Å². The Labute approximate surface area is 70.9 Å². The lowest BCUT2D eigenvalue weighted by atomic mass is 10.0. The van der Waals surface area contributed by atoms with Crippen molar-refractivity contribution in [1.82, 2.24) is 5.32 Å². The van der Waals surface area contributed by atoms with Crippen molar-refractivity contribution in [1.29, 1.82) is 0 Å². The molecule has 1 heteroatoms. The first-order valence-electron chi connectivity index (χ1n) is 4.52. The minimum Gasteiger partial charge on any atom is -0.317 e. The van der Waals surface area contributed by atoms with Gasteiger partial charge in [-0.2, -0.15) is 0 Å². The minimum absolute atomic E-state index is 0.691. The van der Waals surface area contributed by atoms with Gasteiger partial charge in [0.15, 0.2) is 0 Å². The number of hydrogen-bond donors (Lipinski definition) is 1. The third-order valence-corrected chi connectivity index (χ3v) is 1.96. The molecule has 0 fully saturated rings. The van der Waals surface area contributed by atoms with Crippen LogP contribution in [0.1, 0.15) is 39.5 Å². The predicted octanol–water partition coefficient (Wildman–Crippen LogP) is 2.73. The summed E-state index contributed by atoms with van der Waals surface area (Å²) < 4.78 is 0. The van der Waals surface area contributed by atoms with Gasteiger partial charge >= 0.3 is 0 Å². The van der Waals surface area contributed by atoms with Crippen molar-refractivity contribution in [2.45, 2.75) is 45.6 Å². The maximum atomic E-state index is 3.89. The summed E-state index contributed by atoms with van der Waals surface area (Å²) in [7, 11) is 2.04. The topological polar surface area (TPSA) is 12.0 Å². The molecule has 0 rings (SSSR count). The number of rotatable bonds is 6. The SMILES string of the molecule is C=C(C)CCC(CCC)NC. The van der Waals surface area contributed by atoms with Crippen molar-refractivity contribution in [3.63, 3.8) is 0 Å². The summed E-state index contributed by atoms with van der Waals surface area (Å²) >= 11 is 0. The maximum Gasteiger partial charge on any atom is 0.00670 e. The highest BCUT2D eigenvalue weighted by Gasteiger charge is 2.02. The van der Waals surface area contributed by atoms with Crippen LogP contribution in [0.3, 0.4) is 0 Å². The lowest BCUT2D eigenvalue weighted by Crippen LogP contribution is -2.24. The molecule has 66 valence electrons. The molecule has 1 N–H and O–H groups in total. The molecule has 1 nitrogen and oxygen atoms in total. The van der Waals surface area contributed by atoms with Gasteiger partial charge in [-0.15, -0.1) is 6.58 Å². The average Bonchev–Trinajstić information content (AvgIpc) is 1.97. The lowest BCUT2D eigenvalue weighted by molar-refractivity contribution is 0.483.